The van der Waals surface area contributed by atoms with Crippen LogP contribution in [0.4, 0.5) is 0 Å². The summed E-state index contributed by atoms with van der Waals surface area (Å²) >= 11 is 0. The summed E-state index contributed by atoms with van der Waals surface area (Å²) in [6.45, 7) is 1.23. The van der Waals surface area contributed by atoms with E-state index in [1.807, 2.05) is 24.3 Å². The second kappa shape index (κ2) is 6.64. The number of fused-ring (bicyclic) bond motifs is 1. The summed E-state index contributed by atoms with van der Waals surface area (Å²) in [6.07, 6.45) is 3.12. The van der Waals surface area contributed by atoms with Crippen molar-refractivity contribution in [1.82, 2.24) is 0 Å². The molecule has 21 heavy (non-hydrogen) atoms. The van der Waals surface area contributed by atoms with Crippen molar-refractivity contribution in [2.24, 2.45) is 5.73 Å². The number of rotatable bonds is 5. The van der Waals surface area contributed by atoms with E-state index in [0.29, 0.717) is 13.2 Å². The Morgan fingerprint density at radius 3 is 2.52 bits per heavy atom. The highest BCUT2D eigenvalue weighted by molar-refractivity contribution is 5.44. The maximum absolute atomic E-state index is 6.30. The van der Waals surface area contributed by atoms with Crippen LogP contribution in [0.5, 0.6) is 11.5 Å². The lowest BCUT2D eigenvalue weighted by Gasteiger charge is -2.20. The zero-order chi connectivity index (χ0) is 14.5. The second-order valence-electron chi connectivity index (χ2n) is 5.39. The smallest absolute Gasteiger partial charge is 0.161 e. The highest BCUT2D eigenvalue weighted by atomic mass is 16.6. The van der Waals surface area contributed by atoms with Gasteiger partial charge < -0.3 is 15.2 Å². The van der Waals surface area contributed by atoms with Gasteiger partial charge in [0.25, 0.3) is 0 Å². The van der Waals surface area contributed by atoms with Crippen molar-refractivity contribution >= 4 is 0 Å². The lowest BCUT2D eigenvalue weighted by Crippen LogP contribution is -2.16. The Hall–Kier alpha value is -2.00. The zero-order valence-corrected chi connectivity index (χ0v) is 12.1. The van der Waals surface area contributed by atoms with Crippen molar-refractivity contribution in [3.63, 3.8) is 0 Å². The number of nitrogens with two attached hydrogens (primary N) is 1. The second-order valence-corrected chi connectivity index (χ2v) is 5.39. The topological polar surface area (TPSA) is 44.5 Å². The summed E-state index contributed by atoms with van der Waals surface area (Å²) in [4.78, 5) is 0. The van der Waals surface area contributed by atoms with Crippen LogP contribution in [-0.2, 0) is 6.42 Å². The normalized spacial score (nSPS) is 14.7. The fourth-order valence-corrected chi connectivity index (χ4v) is 2.63. The van der Waals surface area contributed by atoms with E-state index < -0.39 is 0 Å². The highest BCUT2D eigenvalue weighted by Gasteiger charge is 2.14. The molecular formula is C18H21NO2. The molecule has 0 radical (unpaired) electrons. The Labute approximate surface area is 125 Å². The Kier molecular flexibility index (Phi) is 4.41. The first-order valence-corrected chi connectivity index (χ1v) is 7.52. The molecule has 2 aromatic carbocycles. The predicted molar refractivity (Wildman–Crippen MR) is 83.7 cm³/mol. The van der Waals surface area contributed by atoms with E-state index in [1.165, 1.54) is 5.56 Å². The summed E-state index contributed by atoms with van der Waals surface area (Å²) in [7, 11) is 0. The third-order valence-corrected chi connectivity index (χ3v) is 3.82. The molecule has 0 aliphatic carbocycles. The largest absolute Gasteiger partial charge is 0.486 e. The first-order chi connectivity index (χ1) is 10.3. The van der Waals surface area contributed by atoms with E-state index in [0.717, 1.165) is 36.3 Å². The van der Waals surface area contributed by atoms with Crippen LogP contribution in [0.25, 0.3) is 0 Å². The fourth-order valence-electron chi connectivity index (χ4n) is 2.63. The van der Waals surface area contributed by atoms with Gasteiger partial charge in [0.05, 0.1) is 0 Å². The van der Waals surface area contributed by atoms with Crippen LogP contribution >= 0.6 is 0 Å². The number of ether oxygens (including phenoxy) is 2. The van der Waals surface area contributed by atoms with Crippen molar-refractivity contribution in [2.75, 3.05) is 13.2 Å². The van der Waals surface area contributed by atoms with Crippen LogP contribution < -0.4 is 15.2 Å². The highest BCUT2D eigenvalue weighted by Crippen LogP contribution is 2.33. The summed E-state index contributed by atoms with van der Waals surface area (Å²) in [5, 5.41) is 0. The van der Waals surface area contributed by atoms with Gasteiger partial charge in [-0.2, -0.15) is 0 Å². The molecule has 0 saturated carbocycles. The maximum Gasteiger partial charge on any atom is 0.161 e. The molecule has 1 atom stereocenters. The third kappa shape index (κ3) is 3.56. The molecule has 1 unspecified atom stereocenters. The van der Waals surface area contributed by atoms with Crippen molar-refractivity contribution in [2.45, 2.75) is 25.3 Å². The van der Waals surface area contributed by atoms with Gasteiger partial charge in [0.1, 0.15) is 13.2 Å². The van der Waals surface area contributed by atoms with E-state index in [4.69, 9.17) is 15.2 Å². The van der Waals surface area contributed by atoms with Crippen LogP contribution in [0, 0.1) is 0 Å². The molecule has 0 bridgehead atoms. The van der Waals surface area contributed by atoms with Crippen molar-refractivity contribution in [1.29, 1.82) is 0 Å². The first kappa shape index (κ1) is 14.0. The van der Waals surface area contributed by atoms with Gasteiger partial charge in [-0.25, -0.2) is 0 Å². The van der Waals surface area contributed by atoms with Crippen LogP contribution in [0.1, 0.15) is 30.0 Å². The van der Waals surface area contributed by atoms with E-state index in [9.17, 15) is 0 Å². The van der Waals surface area contributed by atoms with Crippen LogP contribution in [0.15, 0.2) is 48.5 Å². The number of hydrogen-bond donors (Lipinski definition) is 1. The summed E-state index contributed by atoms with van der Waals surface area (Å²) in [5.41, 5.74) is 8.78. The Balaban J connectivity index is 1.56. The third-order valence-electron chi connectivity index (χ3n) is 3.82. The number of benzene rings is 2. The molecule has 1 aliphatic heterocycles. The molecule has 0 fully saturated rings. The molecule has 3 rings (SSSR count). The van der Waals surface area contributed by atoms with Gasteiger partial charge in [0.15, 0.2) is 11.5 Å². The van der Waals surface area contributed by atoms with Gasteiger partial charge in [0, 0.05) is 6.04 Å². The molecule has 0 saturated heterocycles. The van der Waals surface area contributed by atoms with Crippen LogP contribution in [-0.4, -0.2) is 13.2 Å². The van der Waals surface area contributed by atoms with Gasteiger partial charge in [-0.1, -0.05) is 36.4 Å². The van der Waals surface area contributed by atoms with Crippen molar-refractivity contribution < 1.29 is 9.47 Å². The van der Waals surface area contributed by atoms with Gasteiger partial charge in [-0.05, 0) is 42.5 Å². The SMILES string of the molecule is NC(CCCc1ccccc1)c1ccc2c(c1)OCCO2. The van der Waals surface area contributed by atoms with Gasteiger partial charge in [-0.15, -0.1) is 0 Å². The van der Waals surface area contributed by atoms with E-state index >= 15 is 0 Å². The van der Waals surface area contributed by atoms with Crippen molar-refractivity contribution in [3.05, 3.63) is 59.7 Å². The summed E-state index contributed by atoms with van der Waals surface area (Å²) < 4.78 is 11.1. The predicted octanol–water partition coefficient (Wildman–Crippen LogP) is 3.48. The number of hydrogen-bond acceptors (Lipinski definition) is 3. The van der Waals surface area contributed by atoms with E-state index in [1.54, 1.807) is 0 Å². The quantitative estimate of drug-likeness (QED) is 0.913. The Morgan fingerprint density at radius 2 is 1.71 bits per heavy atom. The molecular weight excluding hydrogens is 262 g/mol. The van der Waals surface area contributed by atoms with Gasteiger partial charge >= 0.3 is 0 Å². The molecule has 0 spiro atoms. The van der Waals surface area contributed by atoms with E-state index in [2.05, 4.69) is 24.3 Å². The van der Waals surface area contributed by atoms with Crippen LogP contribution in [0.3, 0.4) is 0 Å². The molecule has 3 nitrogen and oxygen atoms in total. The summed E-state index contributed by atoms with van der Waals surface area (Å²) in [5.74, 6) is 1.64. The lowest BCUT2D eigenvalue weighted by molar-refractivity contribution is 0.171. The Morgan fingerprint density at radius 1 is 0.952 bits per heavy atom. The van der Waals surface area contributed by atoms with Crippen molar-refractivity contribution in [3.8, 4) is 11.5 Å². The van der Waals surface area contributed by atoms with Crippen LogP contribution in [0.2, 0.25) is 0 Å². The molecule has 1 heterocycles. The maximum atomic E-state index is 6.30. The fraction of sp³-hybridized carbons (Fsp3) is 0.333. The summed E-state index contributed by atoms with van der Waals surface area (Å²) in [6, 6.07) is 16.6. The lowest BCUT2D eigenvalue weighted by atomic mass is 9.99. The van der Waals surface area contributed by atoms with Gasteiger partial charge in [0.2, 0.25) is 0 Å². The molecule has 0 amide bonds. The van der Waals surface area contributed by atoms with E-state index in [-0.39, 0.29) is 6.04 Å². The molecule has 2 aromatic rings. The molecule has 3 heteroatoms. The average Bonchev–Trinajstić information content (AvgIpc) is 2.55. The minimum Gasteiger partial charge on any atom is -0.486 e. The molecule has 110 valence electrons. The minimum absolute atomic E-state index is 0.0459. The number of aryl methyl sites for hydroxylation is 1. The first-order valence-electron chi connectivity index (χ1n) is 7.52. The molecule has 1 aliphatic rings. The molecule has 2 N–H and O–H groups in total. The zero-order valence-electron chi connectivity index (χ0n) is 12.1. The monoisotopic (exact) mass is 283 g/mol. The Bertz CT molecular complexity index is 583. The standard InChI is InChI=1S/C18H21NO2/c19-16(8-4-7-14-5-2-1-3-6-14)15-9-10-17-18(13-15)21-12-11-20-17/h1-3,5-6,9-10,13,16H,4,7-8,11-12,19H2. The van der Waals surface area contributed by atoms with Gasteiger partial charge in [-0.3, -0.25) is 0 Å². The minimum atomic E-state index is 0.0459. The molecule has 0 aromatic heterocycles. The average molecular weight is 283 g/mol.